The molecule has 3 aromatic rings. The Morgan fingerprint density at radius 1 is 1.18 bits per heavy atom. The number of amides is 1. The number of aryl methyl sites for hydroxylation is 1. The molecule has 1 amide bonds. The largest absolute Gasteiger partial charge is 0.495 e. The van der Waals surface area contributed by atoms with E-state index in [-0.39, 0.29) is 27.6 Å². The molecule has 0 saturated heterocycles. The first-order valence-electron chi connectivity index (χ1n) is 9.82. The molecule has 1 heterocycles. The second-order valence-corrected chi connectivity index (χ2v) is 9.57. The highest BCUT2D eigenvalue weighted by atomic mass is 32.2. The highest BCUT2D eigenvalue weighted by Crippen LogP contribution is 2.31. The number of carbonyl (C=O) groups is 1. The van der Waals surface area contributed by atoms with Crippen LogP contribution in [-0.2, 0) is 16.4 Å². The van der Waals surface area contributed by atoms with E-state index in [0.717, 1.165) is 30.3 Å². The molecule has 174 valence electrons. The summed E-state index contributed by atoms with van der Waals surface area (Å²) in [6.45, 7) is 2.07. The number of hydrogen-bond acceptors (Lipinski definition) is 9. The molecular formula is C20H21N5O6S2. The smallest absolute Gasteiger partial charge is 0.271 e. The number of carbonyl (C=O) groups excluding carboxylic acids is 1. The summed E-state index contributed by atoms with van der Waals surface area (Å²) in [6, 6.07) is 8.79. The van der Waals surface area contributed by atoms with Crippen LogP contribution in [0.5, 0.6) is 5.75 Å². The molecule has 3 rings (SSSR count). The van der Waals surface area contributed by atoms with E-state index in [1.54, 1.807) is 0 Å². The van der Waals surface area contributed by atoms with Crippen LogP contribution >= 0.6 is 11.3 Å². The first kappa shape index (κ1) is 24.1. The maximum atomic E-state index is 12.8. The van der Waals surface area contributed by atoms with Crippen molar-refractivity contribution in [3.05, 3.63) is 63.1 Å². The number of nitro benzene ring substituents is 1. The van der Waals surface area contributed by atoms with Crippen LogP contribution in [0.4, 0.5) is 16.5 Å². The van der Waals surface area contributed by atoms with Gasteiger partial charge in [0.2, 0.25) is 5.13 Å². The molecular weight excluding hydrogens is 470 g/mol. The van der Waals surface area contributed by atoms with Crippen LogP contribution in [0.15, 0.2) is 47.4 Å². The summed E-state index contributed by atoms with van der Waals surface area (Å²) in [4.78, 5) is 22.7. The third-order valence-electron chi connectivity index (χ3n) is 4.50. The molecule has 11 nitrogen and oxygen atoms in total. The summed E-state index contributed by atoms with van der Waals surface area (Å²) in [5, 5.41) is 22.8. The number of methoxy groups -OCH3 is 1. The number of nitrogens with one attached hydrogen (secondary N) is 2. The Morgan fingerprint density at radius 2 is 1.91 bits per heavy atom. The molecule has 0 saturated carbocycles. The molecule has 0 aliphatic heterocycles. The van der Waals surface area contributed by atoms with Crippen LogP contribution in [-0.4, -0.2) is 36.6 Å². The SMILES string of the molecule is CCCCc1nnc(NC(=O)c2ccc(S(=O)(=O)Nc3cc([N+](=O)[O-])ccc3OC)cc2)s1. The summed E-state index contributed by atoms with van der Waals surface area (Å²) in [6.07, 6.45) is 2.80. The van der Waals surface area contributed by atoms with E-state index in [1.165, 1.54) is 54.8 Å². The number of benzene rings is 2. The van der Waals surface area contributed by atoms with Crippen LogP contribution < -0.4 is 14.8 Å². The van der Waals surface area contributed by atoms with Crippen molar-refractivity contribution in [3.63, 3.8) is 0 Å². The van der Waals surface area contributed by atoms with Crippen molar-refractivity contribution in [2.75, 3.05) is 17.1 Å². The van der Waals surface area contributed by atoms with Gasteiger partial charge in [-0.3, -0.25) is 24.9 Å². The number of sulfonamides is 1. The third-order valence-corrected chi connectivity index (χ3v) is 6.78. The molecule has 13 heteroatoms. The molecule has 0 aliphatic rings. The molecule has 0 spiro atoms. The number of nitro groups is 1. The van der Waals surface area contributed by atoms with Crippen molar-refractivity contribution in [2.45, 2.75) is 31.1 Å². The first-order chi connectivity index (χ1) is 15.7. The van der Waals surface area contributed by atoms with Gasteiger partial charge < -0.3 is 4.74 Å². The van der Waals surface area contributed by atoms with Crippen LogP contribution in [0.2, 0.25) is 0 Å². The highest BCUT2D eigenvalue weighted by molar-refractivity contribution is 7.92. The number of non-ortho nitro benzene ring substituents is 1. The van der Waals surface area contributed by atoms with E-state index in [9.17, 15) is 23.3 Å². The van der Waals surface area contributed by atoms with Gasteiger partial charge in [-0.25, -0.2) is 8.42 Å². The van der Waals surface area contributed by atoms with E-state index < -0.39 is 20.9 Å². The van der Waals surface area contributed by atoms with Gasteiger partial charge in [0.25, 0.3) is 21.6 Å². The van der Waals surface area contributed by atoms with Gasteiger partial charge in [-0.15, -0.1) is 10.2 Å². The summed E-state index contributed by atoms with van der Waals surface area (Å²) in [5.74, 6) is -0.332. The number of nitrogens with zero attached hydrogens (tertiary/aromatic N) is 3. The predicted octanol–water partition coefficient (Wildman–Crippen LogP) is 3.85. The van der Waals surface area contributed by atoms with E-state index >= 15 is 0 Å². The Morgan fingerprint density at radius 3 is 2.55 bits per heavy atom. The number of unbranched alkanes of at least 4 members (excludes halogenated alkanes) is 1. The maximum Gasteiger partial charge on any atom is 0.271 e. The van der Waals surface area contributed by atoms with E-state index in [4.69, 9.17) is 4.74 Å². The fourth-order valence-corrected chi connectivity index (χ4v) is 4.62. The van der Waals surface area contributed by atoms with E-state index in [0.29, 0.717) is 5.13 Å². The Balaban J connectivity index is 1.73. The quantitative estimate of drug-likeness (QED) is 0.320. The molecule has 2 N–H and O–H groups in total. The van der Waals surface area contributed by atoms with Crippen molar-refractivity contribution < 1.29 is 22.9 Å². The second kappa shape index (κ2) is 10.4. The van der Waals surface area contributed by atoms with Gasteiger partial charge in [-0.1, -0.05) is 24.7 Å². The molecule has 0 unspecified atom stereocenters. The summed E-state index contributed by atoms with van der Waals surface area (Å²) in [5.41, 5.74) is -0.147. The average molecular weight is 492 g/mol. The zero-order valence-electron chi connectivity index (χ0n) is 17.8. The van der Waals surface area contributed by atoms with Crippen LogP contribution in [0, 0.1) is 10.1 Å². The molecule has 0 atom stereocenters. The molecule has 0 fully saturated rings. The Kier molecular flexibility index (Phi) is 7.55. The lowest BCUT2D eigenvalue weighted by Gasteiger charge is -2.12. The lowest BCUT2D eigenvalue weighted by Crippen LogP contribution is -2.15. The molecule has 33 heavy (non-hydrogen) atoms. The Labute approximate surface area is 194 Å². The van der Waals surface area contributed by atoms with Gasteiger partial charge >= 0.3 is 0 Å². The fourth-order valence-electron chi connectivity index (χ4n) is 2.78. The minimum absolute atomic E-state index is 0.0799. The maximum absolute atomic E-state index is 12.8. The van der Waals surface area contributed by atoms with Gasteiger partial charge in [0.1, 0.15) is 10.8 Å². The summed E-state index contributed by atoms with van der Waals surface area (Å²) >= 11 is 1.29. The van der Waals surface area contributed by atoms with Crippen molar-refractivity contribution in [1.82, 2.24) is 10.2 Å². The highest BCUT2D eigenvalue weighted by Gasteiger charge is 2.20. The van der Waals surface area contributed by atoms with Crippen LogP contribution in [0.1, 0.15) is 35.1 Å². The minimum Gasteiger partial charge on any atom is -0.495 e. The Bertz CT molecular complexity index is 1260. The summed E-state index contributed by atoms with van der Waals surface area (Å²) in [7, 11) is -2.78. The van der Waals surface area contributed by atoms with Crippen molar-refractivity contribution in [1.29, 1.82) is 0 Å². The van der Waals surface area contributed by atoms with E-state index in [1.807, 2.05) is 0 Å². The zero-order chi connectivity index (χ0) is 24.0. The monoisotopic (exact) mass is 491 g/mol. The lowest BCUT2D eigenvalue weighted by atomic mass is 10.2. The van der Waals surface area contributed by atoms with Gasteiger partial charge in [0.15, 0.2) is 0 Å². The second-order valence-electron chi connectivity index (χ2n) is 6.83. The molecule has 0 bridgehead atoms. The third kappa shape index (κ3) is 6.02. The normalized spacial score (nSPS) is 11.1. The number of ether oxygens (including phenoxy) is 1. The zero-order valence-corrected chi connectivity index (χ0v) is 19.4. The topological polar surface area (TPSA) is 153 Å². The molecule has 0 radical (unpaired) electrons. The molecule has 2 aromatic carbocycles. The number of rotatable bonds is 10. The lowest BCUT2D eigenvalue weighted by molar-refractivity contribution is -0.384. The predicted molar refractivity (Wildman–Crippen MR) is 123 cm³/mol. The van der Waals surface area contributed by atoms with Gasteiger partial charge in [-0.05, 0) is 36.8 Å². The van der Waals surface area contributed by atoms with E-state index in [2.05, 4.69) is 27.2 Å². The van der Waals surface area contributed by atoms with Gasteiger partial charge in [-0.2, -0.15) is 0 Å². The van der Waals surface area contributed by atoms with Gasteiger partial charge in [0.05, 0.1) is 22.6 Å². The summed E-state index contributed by atoms with van der Waals surface area (Å²) < 4.78 is 32.9. The fraction of sp³-hybridized carbons (Fsp3) is 0.250. The van der Waals surface area contributed by atoms with Crippen LogP contribution in [0.25, 0.3) is 0 Å². The van der Waals surface area contributed by atoms with Gasteiger partial charge in [0, 0.05) is 24.1 Å². The number of hydrogen-bond donors (Lipinski definition) is 2. The minimum atomic E-state index is -4.10. The average Bonchev–Trinajstić information content (AvgIpc) is 3.24. The number of aromatic nitrogens is 2. The number of anilines is 2. The first-order valence-corrected chi connectivity index (χ1v) is 12.1. The molecule has 1 aromatic heterocycles. The van der Waals surface area contributed by atoms with Crippen molar-refractivity contribution in [2.24, 2.45) is 0 Å². The Hall–Kier alpha value is -3.58. The van der Waals surface area contributed by atoms with Crippen molar-refractivity contribution >= 4 is 43.8 Å². The molecule has 0 aliphatic carbocycles. The standard InChI is InChI=1S/C20H21N5O6S2/c1-3-4-5-18-22-23-20(32-18)21-19(26)13-6-9-15(10-7-13)33(29,30)24-16-12-14(25(27)28)8-11-17(16)31-2/h6-12,24H,3-5H2,1-2H3,(H,21,23,26). The van der Waals surface area contributed by atoms with Crippen molar-refractivity contribution in [3.8, 4) is 5.75 Å². The van der Waals surface area contributed by atoms with Crippen LogP contribution in [0.3, 0.4) is 0 Å².